The molecule has 0 spiro atoms. The number of carbonyl (C=O) groups is 4. The van der Waals surface area contributed by atoms with Crippen molar-refractivity contribution >= 4 is 35.1 Å². The molecule has 0 radical (unpaired) electrons. The lowest BCUT2D eigenvalue weighted by Gasteiger charge is -2.29. The molecule has 9 nitrogen and oxygen atoms in total. The summed E-state index contributed by atoms with van der Waals surface area (Å²) < 4.78 is 10.7. The Morgan fingerprint density at radius 1 is 1.00 bits per heavy atom. The molecule has 9 heteroatoms. The Labute approximate surface area is 192 Å². The molecule has 176 valence electrons. The van der Waals surface area contributed by atoms with E-state index in [1.165, 1.54) is 13.8 Å². The number of anilines is 2. The van der Waals surface area contributed by atoms with Gasteiger partial charge in [0.15, 0.2) is 6.10 Å². The number of hydrogen-bond acceptors (Lipinski definition) is 7. The summed E-state index contributed by atoms with van der Waals surface area (Å²) >= 11 is 0. The number of esters is 1. The quantitative estimate of drug-likeness (QED) is 0.396. The SMILES string of the molecule is C[C@H](OC(=O)[C@H](C)N1C(=O)[C@@H]2CC=CC[C@H]2C1=O)C(=O)Nc1ccc(N2CCOCC2)cc1. The van der Waals surface area contributed by atoms with Crippen molar-refractivity contribution in [1.29, 1.82) is 0 Å². The summed E-state index contributed by atoms with van der Waals surface area (Å²) in [5.41, 5.74) is 1.62. The summed E-state index contributed by atoms with van der Waals surface area (Å²) in [5, 5.41) is 2.73. The number of rotatable bonds is 6. The number of benzene rings is 1. The molecule has 1 aromatic carbocycles. The van der Waals surface area contributed by atoms with Gasteiger partial charge in [0.2, 0.25) is 11.8 Å². The fraction of sp³-hybridized carbons (Fsp3) is 0.500. The number of carbonyl (C=O) groups excluding carboxylic acids is 4. The normalized spacial score (nSPS) is 24.3. The molecular weight excluding hydrogens is 426 g/mol. The molecule has 2 aliphatic heterocycles. The Morgan fingerprint density at radius 3 is 2.15 bits per heavy atom. The highest BCUT2D eigenvalue weighted by Gasteiger charge is 2.50. The summed E-state index contributed by atoms with van der Waals surface area (Å²) in [6.07, 6.45) is 3.68. The topological polar surface area (TPSA) is 105 Å². The monoisotopic (exact) mass is 455 g/mol. The molecule has 2 fully saturated rings. The van der Waals surface area contributed by atoms with Crippen molar-refractivity contribution in [2.45, 2.75) is 38.8 Å². The van der Waals surface area contributed by atoms with E-state index in [0.29, 0.717) is 31.7 Å². The van der Waals surface area contributed by atoms with Crippen LogP contribution >= 0.6 is 0 Å². The molecule has 1 aliphatic carbocycles. The van der Waals surface area contributed by atoms with Crippen LogP contribution in [0.3, 0.4) is 0 Å². The molecule has 33 heavy (non-hydrogen) atoms. The van der Waals surface area contributed by atoms with Crippen LogP contribution in [0.15, 0.2) is 36.4 Å². The fourth-order valence-corrected chi connectivity index (χ4v) is 4.46. The van der Waals surface area contributed by atoms with Gasteiger partial charge in [0.05, 0.1) is 25.0 Å². The number of imide groups is 1. The van der Waals surface area contributed by atoms with Gasteiger partial charge >= 0.3 is 5.97 Å². The van der Waals surface area contributed by atoms with Crippen molar-refractivity contribution in [3.8, 4) is 0 Å². The van der Waals surface area contributed by atoms with Gasteiger partial charge in [-0.1, -0.05) is 12.2 Å². The Kier molecular flexibility index (Phi) is 6.78. The van der Waals surface area contributed by atoms with E-state index in [2.05, 4.69) is 10.2 Å². The highest BCUT2D eigenvalue weighted by Crippen LogP contribution is 2.36. The minimum Gasteiger partial charge on any atom is -0.451 e. The van der Waals surface area contributed by atoms with Crippen LogP contribution in [-0.4, -0.2) is 67.0 Å². The third-order valence-electron chi connectivity index (χ3n) is 6.44. The van der Waals surface area contributed by atoms with Gasteiger partial charge < -0.3 is 19.7 Å². The van der Waals surface area contributed by atoms with Crippen molar-refractivity contribution in [1.82, 2.24) is 4.90 Å². The maximum atomic E-state index is 12.7. The number of nitrogens with one attached hydrogen (secondary N) is 1. The van der Waals surface area contributed by atoms with Crippen molar-refractivity contribution in [2.75, 3.05) is 36.5 Å². The summed E-state index contributed by atoms with van der Waals surface area (Å²) in [5.74, 6) is -2.81. The van der Waals surface area contributed by atoms with E-state index in [4.69, 9.17) is 9.47 Å². The number of likely N-dealkylation sites (tertiary alicyclic amines) is 1. The largest absolute Gasteiger partial charge is 0.451 e. The van der Waals surface area contributed by atoms with Gasteiger partial charge in [-0.05, 0) is 51.0 Å². The van der Waals surface area contributed by atoms with E-state index < -0.39 is 35.9 Å². The zero-order valence-corrected chi connectivity index (χ0v) is 18.9. The number of allylic oxidation sites excluding steroid dienone is 2. The van der Waals surface area contributed by atoms with Crippen LogP contribution in [-0.2, 0) is 28.7 Å². The smallest absolute Gasteiger partial charge is 0.329 e. The first kappa shape index (κ1) is 23.0. The molecule has 2 heterocycles. The van der Waals surface area contributed by atoms with E-state index in [-0.39, 0.29) is 11.8 Å². The lowest BCUT2D eigenvalue weighted by atomic mass is 9.85. The third-order valence-corrected chi connectivity index (χ3v) is 6.44. The fourth-order valence-electron chi connectivity index (χ4n) is 4.46. The second-order valence-electron chi connectivity index (χ2n) is 8.59. The number of morpholine rings is 1. The number of ether oxygens (including phenoxy) is 2. The molecule has 3 amide bonds. The Morgan fingerprint density at radius 2 is 1.58 bits per heavy atom. The summed E-state index contributed by atoms with van der Waals surface area (Å²) in [6.45, 7) is 5.92. The van der Waals surface area contributed by atoms with Gasteiger partial charge in [-0.3, -0.25) is 19.3 Å². The van der Waals surface area contributed by atoms with Gasteiger partial charge in [0.25, 0.3) is 5.91 Å². The zero-order chi connectivity index (χ0) is 23.5. The predicted molar refractivity (Wildman–Crippen MR) is 120 cm³/mol. The molecule has 0 unspecified atom stereocenters. The van der Waals surface area contributed by atoms with Gasteiger partial charge in [0.1, 0.15) is 6.04 Å². The Hall–Kier alpha value is -3.20. The van der Waals surface area contributed by atoms with Crippen LogP contribution in [0.2, 0.25) is 0 Å². The molecule has 4 rings (SSSR count). The molecular formula is C24H29N3O6. The second kappa shape index (κ2) is 9.74. The van der Waals surface area contributed by atoms with Crippen LogP contribution in [0.25, 0.3) is 0 Å². The van der Waals surface area contributed by atoms with Crippen molar-refractivity contribution in [3.05, 3.63) is 36.4 Å². The van der Waals surface area contributed by atoms with E-state index in [9.17, 15) is 19.2 Å². The highest BCUT2D eigenvalue weighted by molar-refractivity contribution is 6.08. The van der Waals surface area contributed by atoms with Gasteiger partial charge in [-0.25, -0.2) is 4.79 Å². The van der Waals surface area contributed by atoms with E-state index in [1.54, 1.807) is 12.1 Å². The lowest BCUT2D eigenvalue weighted by molar-refractivity contribution is -0.163. The molecule has 4 atom stereocenters. The molecule has 0 bridgehead atoms. The predicted octanol–water partition coefficient (Wildman–Crippen LogP) is 1.73. The van der Waals surface area contributed by atoms with Crippen molar-refractivity contribution < 1.29 is 28.7 Å². The maximum absolute atomic E-state index is 12.7. The van der Waals surface area contributed by atoms with Crippen LogP contribution in [0.5, 0.6) is 0 Å². The van der Waals surface area contributed by atoms with Gasteiger partial charge in [-0.2, -0.15) is 0 Å². The third kappa shape index (κ3) is 4.78. The number of hydrogen-bond donors (Lipinski definition) is 1. The standard InChI is InChI=1S/C24H29N3O6/c1-15(27-22(29)19-5-3-4-6-20(19)23(27)30)24(31)33-16(2)21(28)25-17-7-9-18(10-8-17)26-11-13-32-14-12-26/h3-4,7-10,15-16,19-20H,5-6,11-14H2,1-2H3,(H,25,28)/t15-,16-,19+,20+/m0/s1. The molecule has 1 N–H and O–H groups in total. The minimum atomic E-state index is -1.09. The van der Waals surface area contributed by atoms with E-state index in [1.807, 2.05) is 24.3 Å². The van der Waals surface area contributed by atoms with Crippen molar-refractivity contribution in [2.24, 2.45) is 11.8 Å². The summed E-state index contributed by atoms with van der Waals surface area (Å²) in [6, 6.07) is 6.32. The number of fused-ring (bicyclic) bond motifs is 1. The van der Waals surface area contributed by atoms with Crippen LogP contribution in [0.4, 0.5) is 11.4 Å². The summed E-state index contributed by atoms with van der Waals surface area (Å²) in [4.78, 5) is 53.7. The van der Waals surface area contributed by atoms with Gasteiger partial charge in [0, 0.05) is 24.5 Å². The van der Waals surface area contributed by atoms with E-state index in [0.717, 1.165) is 23.7 Å². The van der Waals surface area contributed by atoms with E-state index >= 15 is 0 Å². The Balaban J connectivity index is 1.31. The zero-order valence-electron chi connectivity index (χ0n) is 18.9. The van der Waals surface area contributed by atoms with Crippen LogP contribution in [0, 0.1) is 11.8 Å². The summed E-state index contributed by atoms with van der Waals surface area (Å²) in [7, 11) is 0. The Bertz CT molecular complexity index is 927. The molecule has 3 aliphatic rings. The molecule has 0 aromatic heterocycles. The van der Waals surface area contributed by atoms with Crippen LogP contribution < -0.4 is 10.2 Å². The van der Waals surface area contributed by atoms with Crippen molar-refractivity contribution in [3.63, 3.8) is 0 Å². The first-order chi connectivity index (χ1) is 15.9. The molecule has 2 saturated heterocycles. The average molecular weight is 456 g/mol. The lowest BCUT2D eigenvalue weighted by Crippen LogP contribution is -2.46. The minimum absolute atomic E-state index is 0.351. The average Bonchev–Trinajstić information content (AvgIpc) is 3.09. The molecule has 1 aromatic rings. The second-order valence-corrected chi connectivity index (χ2v) is 8.59. The number of amides is 3. The van der Waals surface area contributed by atoms with Gasteiger partial charge in [-0.15, -0.1) is 0 Å². The highest BCUT2D eigenvalue weighted by atomic mass is 16.5. The van der Waals surface area contributed by atoms with Crippen LogP contribution in [0.1, 0.15) is 26.7 Å². The first-order valence-corrected chi connectivity index (χ1v) is 11.3. The number of nitrogens with zero attached hydrogens (tertiary/aromatic N) is 2. The first-order valence-electron chi connectivity index (χ1n) is 11.3. The maximum Gasteiger partial charge on any atom is 0.329 e. The molecule has 0 saturated carbocycles.